The first-order valence-corrected chi connectivity index (χ1v) is 6.07. The maximum Gasteiger partial charge on any atom is 0.349 e. The van der Waals surface area contributed by atoms with Crippen LogP contribution >= 0.6 is 34.3 Å². The summed E-state index contributed by atoms with van der Waals surface area (Å²) in [5, 5.41) is 2.62. The predicted molar refractivity (Wildman–Crippen MR) is 61.8 cm³/mol. The van der Waals surface area contributed by atoms with Gasteiger partial charge in [-0.1, -0.05) is 11.6 Å². The van der Waals surface area contributed by atoms with E-state index >= 15 is 0 Å². The minimum Gasteiger partial charge on any atom is -0.465 e. The van der Waals surface area contributed by atoms with Crippen LogP contribution in [-0.4, -0.2) is 18.1 Å². The smallest absolute Gasteiger partial charge is 0.349 e. The van der Waals surface area contributed by atoms with Crippen molar-refractivity contribution in [2.75, 3.05) is 7.11 Å². The van der Waals surface area contributed by atoms with Gasteiger partial charge in [0.25, 0.3) is 0 Å². The lowest BCUT2D eigenvalue weighted by atomic mass is 10.4. The molecule has 0 unspecified atom stereocenters. The minimum atomic E-state index is -0.370. The highest BCUT2D eigenvalue weighted by Crippen LogP contribution is 2.34. The molecule has 2 heterocycles. The Balaban J connectivity index is 2.36. The van der Waals surface area contributed by atoms with Gasteiger partial charge in [0, 0.05) is 5.56 Å². The SMILES string of the molecule is COC(=O)c1cnc(-c2ccsc2Cl)s1. The number of hydrogen-bond donors (Lipinski definition) is 0. The molecule has 3 nitrogen and oxygen atoms in total. The second kappa shape index (κ2) is 4.30. The van der Waals surface area contributed by atoms with Crippen molar-refractivity contribution in [1.29, 1.82) is 0 Å². The molecule has 0 aliphatic heterocycles. The number of carbonyl (C=O) groups is 1. The number of thiazole rings is 1. The number of ether oxygens (including phenoxy) is 1. The molecule has 0 fully saturated rings. The fraction of sp³-hybridized carbons (Fsp3) is 0.111. The van der Waals surface area contributed by atoms with Gasteiger partial charge >= 0.3 is 5.97 Å². The Morgan fingerprint density at radius 3 is 3.00 bits per heavy atom. The number of thiophene rings is 1. The van der Waals surface area contributed by atoms with Crippen LogP contribution in [0.1, 0.15) is 9.67 Å². The summed E-state index contributed by atoms with van der Waals surface area (Å²) >= 11 is 8.68. The number of aromatic nitrogens is 1. The summed E-state index contributed by atoms with van der Waals surface area (Å²) in [7, 11) is 1.35. The molecule has 2 aromatic heterocycles. The highest BCUT2D eigenvalue weighted by atomic mass is 35.5. The van der Waals surface area contributed by atoms with Gasteiger partial charge in [0.15, 0.2) is 0 Å². The van der Waals surface area contributed by atoms with Gasteiger partial charge in [-0.25, -0.2) is 9.78 Å². The molecule has 2 aromatic rings. The van der Waals surface area contributed by atoms with Crippen LogP contribution in [0.25, 0.3) is 10.6 Å². The van der Waals surface area contributed by atoms with E-state index in [9.17, 15) is 4.79 Å². The van der Waals surface area contributed by atoms with Crippen LogP contribution in [0.4, 0.5) is 0 Å². The number of methoxy groups -OCH3 is 1. The molecule has 0 atom stereocenters. The van der Waals surface area contributed by atoms with Crippen molar-refractivity contribution in [2.24, 2.45) is 0 Å². The summed E-state index contributed by atoms with van der Waals surface area (Å²) in [5.74, 6) is -0.370. The molecule has 0 saturated carbocycles. The lowest BCUT2D eigenvalue weighted by Crippen LogP contribution is -1.96. The molecule has 2 rings (SSSR count). The minimum absolute atomic E-state index is 0.370. The van der Waals surface area contributed by atoms with Gasteiger partial charge in [0.1, 0.15) is 14.2 Å². The largest absolute Gasteiger partial charge is 0.465 e. The quantitative estimate of drug-likeness (QED) is 0.777. The molecule has 0 bridgehead atoms. The van der Waals surface area contributed by atoms with Crippen molar-refractivity contribution in [1.82, 2.24) is 4.98 Å². The lowest BCUT2D eigenvalue weighted by Gasteiger charge is -1.91. The zero-order valence-electron chi connectivity index (χ0n) is 7.69. The van der Waals surface area contributed by atoms with Crippen LogP contribution in [0.3, 0.4) is 0 Å². The van der Waals surface area contributed by atoms with Gasteiger partial charge in [0.2, 0.25) is 0 Å². The maximum atomic E-state index is 11.2. The Kier molecular flexibility index (Phi) is 3.04. The van der Waals surface area contributed by atoms with E-state index in [-0.39, 0.29) is 5.97 Å². The lowest BCUT2D eigenvalue weighted by molar-refractivity contribution is 0.0606. The van der Waals surface area contributed by atoms with Crippen molar-refractivity contribution >= 4 is 40.2 Å². The van der Waals surface area contributed by atoms with E-state index in [1.165, 1.54) is 36.0 Å². The Morgan fingerprint density at radius 2 is 2.40 bits per heavy atom. The normalized spacial score (nSPS) is 10.3. The number of esters is 1. The molecule has 0 aliphatic carbocycles. The Labute approximate surface area is 99.3 Å². The van der Waals surface area contributed by atoms with Crippen LogP contribution in [0, 0.1) is 0 Å². The number of halogens is 1. The summed E-state index contributed by atoms with van der Waals surface area (Å²) in [6.07, 6.45) is 1.50. The molecule has 0 radical (unpaired) electrons. The van der Waals surface area contributed by atoms with E-state index in [2.05, 4.69) is 9.72 Å². The molecular weight excluding hydrogens is 254 g/mol. The number of nitrogens with zero attached hydrogens (tertiary/aromatic N) is 1. The van der Waals surface area contributed by atoms with Gasteiger partial charge in [-0.2, -0.15) is 0 Å². The highest BCUT2D eigenvalue weighted by Gasteiger charge is 2.13. The average Bonchev–Trinajstić information content (AvgIpc) is 2.84. The van der Waals surface area contributed by atoms with Crippen LogP contribution < -0.4 is 0 Å². The first-order chi connectivity index (χ1) is 7.22. The van der Waals surface area contributed by atoms with E-state index in [0.29, 0.717) is 9.21 Å². The fourth-order valence-electron chi connectivity index (χ4n) is 1.04. The maximum absolute atomic E-state index is 11.2. The Bertz CT molecular complexity index is 492. The number of hydrogen-bond acceptors (Lipinski definition) is 5. The molecule has 15 heavy (non-hydrogen) atoms. The van der Waals surface area contributed by atoms with Gasteiger partial charge < -0.3 is 4.74 Å². The van der Waals surface area contributed by atoms with Crippen LogP contribution in [-0.2, 0) is 4.74 Å². The van der Waals surface area contributed by atoms with Crippen molar-refractivity contribution in [3.8, 4) is 10.6 Å². The summed E-state index contributed by atoms with van der Waals surface area (Å²) < 4.78 is 5.28. The molecule has 0 N–H and O–H groups in total. The van der Waals surface area contributed by atoms with Crippen LogP contribution in [0.15, 0.2) is 17.6 Å². The zero-order valence-corrected chi connectivity index (χ0v) is 10.1. The molecule has 0 spiro atoms. The Hall–Kier alpha value is -0.910. The monoisotopic (exact) mass is 259 g/mol. The average molecular weight is 260 g/mol. The Morgan fingerprint density at radius 1 is 1.60 bits per heavy atom. The second-order valence-corrected chi connectivity index (χ2v) is 5.18. The van der Waals surface area contributed by atoms with Crippen molar-refractivity contribution in [3.05, 3.63) is 26.9 Å². The van der Waals surface area contributed by atoms with E-state index < -0.39 is 0 Å². The molecule has 78 valence electrons. The van der Waals surface area contributed by atoms with E-state index in [0.717, 1.165) is 10.6 Å². The number of rotatable bonds is 2. The van der Waals surface area contributed by atoms with E-state index in [1.807, 2.05) is 11.4 Å². The third-order valence-corrected chi connectivity index (χ3v) is 3.92. The molecule has 0 aliphatic rings. The van der Waals surface area contributed by atoms with Crippen molar-refractivity contribution in [2.45, 2.75) is 0 Å². The zero-order chi connectivity index (χ0) is 10.8. The van der Waals surface area contributed by atoms with E-state index in [4.69, 9.17) is 11.6 Å². The molecule has 0 aromatic carbocycles. The summed E-state index contributed by atoms with van der Waals surface area (Å²) in [4.78, 5) is 15.8. The standard InChI is InChI=1S/C9H6ClNO2S2/c1-13-9(12)6-4-11-8(15-6)5-2-3-14-7(5)10/h2-4H,1H3. The fourth-order valence-corrected chi connectivity index (χ4v) is 2.95. The highest BCUT2D eigenvalue weighted by molar-refractivity contribution is 7.18. The van der Waals surface area contributed by atoms with Crippen molar-refractivity contribution in [3.63, 3.8) is 0 Å². The van der Waals surface area contributed by atoms with Crippen LogP contribution in [0.5, 0.6) is 0 Å². The molecule has 6 heteroatoms. The topological polar surface area (TPSA) is 39.2 Å². The third kappa shape index (κ3) is 2.04. The molecule has 0 amide bonds. The van der Waals surface area contributed by atoms with Gasteiger partial charge in [0.05, 0.1) is 13.3 Å². The molecular formula is C9H6ClNO2S2. The third-order valence-electron chi connectivity index (χ3n) is 1.74. The summed E-state index contributed by atoms with van der Waals surface area (Å²) in [6.45, 7) is 0. The number of carbonyl (C=O) groups excluding carboxylic acids is 1. The van der Waals surface area contributed by atoms with Crippen LogP contribution in [0.2, 0.25) is 4.34 Å². The van der Waals surface area contributed by atoms with Crippen molar-refractivity contribution < 1.29 is 9.53 Å². The van der Waals surface area contributed by atoms with Gasteiger partial charge in [-0.3, -0.25) is 0 Å². The van der Waals surface area contributed by atoms with Gasteiger partial charge in [-0.05, 0) is 11.4 Å². The first kappa shape index (κ1) is 10.6. The van der Waals surface area contributed by atoms with E-state index in [1.54, 1.807) is 0 Å². The summed E-state index contributed by atoms with van der Waals surface area (Å²) in [5.41, 5.74) is 0.863. The van der Waals surface area contributed by atoms with Gasteiger partial charge in [-0.15, -0.1) is 22.7 Å². The predicted octanol–water partition coefficient (Wildman–Crippen LogP) is 3.31. The first-order valence-electron chi connectivity index (χ1n) is 4.00. The second-order valence-electron chi connectivity index (χ2n) is 2.63. The summed E-state index contributed by atoms with van der Waals surface area (Å²) in [6, 6.07) is 1.88. The molecule has 0 saturated heterocycles.